The Kier molecular flexibility index (Phi) is 5.31. The summed E-state index contributed by atoms with van der Waals surface area (Å²) in [7, 11) is 0. The lowest BCUT2D eigenvalue weighted by Gasteiger charge is -2.25. The van der Waals surface area contributed by atoms with E-state index < -0.39 is 5.82 Å². The van der Waals surface area contributed by atoms with Gasteiger partial charge < -0.3 is 0 Å². The normalized spacial score (nSPS) is 13.7. The average Bonchev–Trinajstić information content (AvgIpc) is 3.41. The second-order valence-corrected chi connectivity index (χ2v) is 8.47. The Morgan fingerprint density at radius 2 is 1.90 bits per heavy atom. The maximum atomic E-state index is 14.0. The number of amides is 1. The van der Waals surface area contributed by atoms with Crippen molar-refractivity contribution in [3.05, 3.63) is 94.5 Å². The van der Waals surface area contributed by atoms with Crippen molar-refractivity contribution in [3.63, 3.8) is 0 Å². The van der Waals surface area contributed by atoms with Crippen molar-refractivity contribution in [2.24, 2.45) is 0 Å². The molecule has 0 saturated carbocycles. The van der Waals surface area contributed by atoms with Gasteiger partial charge >= 0.3 is 0 Å². The van der Waals surface area contributed by atoms with E-state index in [1.165, 1.54) is 32.5 Å². The minimum absolute atomic E-state index is 0.210. The number of halogens is 1. The number of carbonyl (C=O) groups is 1. The van der Waals surface area contributed by atoms with Crippen LogP contribution in [-0.4, -0.2) is 32.1 Å². The first-order chi connectivity index (χ1) is 15.2. The van der Waals surface area contributed by atoms with E-state index in [1.807, 2.05) is 6.07 Å². The van der Waals surface area contributed by atoms with Crippen LogP contribution in [0.3, 0.4) is 0 Å². The third-order valence-corrected chi connectivity index (χ3v) is 6.20. The Morgan fingerprint density at radius 1 is 1.10 bits per heavy atom. The fourth-order valence-corrected chi connectivity index (χ4v) is 4.70. The number of carbonyl (C=O) groups excluding carboxylic acids is 1. The Hall–Kier alpha value is -3.36. The van der Waals surface area contributed by atoms with Crippen molar-refractivity contribution in [1.82, 2.24) is 19.7 Å². The van der Waals surface area contributed by atoms with Gasteiger partial charge in [-0.15, -0.1) is 11.3 Å². The number of benzene rings is 2. The topological polar surface area (TPSA) is 63.1 Å². The quantitative estimate of drug-likeness (QED) is 0.510. The molecule has 31 heavy (non-hydrogen) atoms. The van der Waals surface area contributed by atoms with Crippen LogP contribution in [0.4, 0.5) is 9.52 Å². The molecule has 4 aromatic rings. The van der Waals surface area contributed by atoms with E-state index in [2.05, 4.69) is 44.6 Å². The first kappa shape index (κ1) is 19.6. The van der Waals surface area contributed by atoms with Crippen LogP contribution in [0.15, 0.2) is 66.9 Å². The predicted octanol–water partition coefficient (Wildman–Crippen LogP) is 4.28. The van der Waals surface area contributed by atoms with E-state index in [4.69, 9.17) is 0 Å². The summed E-state index contributed by atoms with van der Waals surface area (Å²) in [5.74, 6) is -0.757. The molecule has 1 N–H and O–H groups in total. The molecule has 2 aromatic heterocycles. The van der Waals surface area contributed by atoms with Crippen LogP contribution < -0.4 is 5.32 Å². The number of para-hydroxylation sites is 1. The molecule has 2 aromatic carbocycles. The number of hydrogen-bond acceptors (Lipinski definition) is 5. The highest BCUT2D eigenvalue weighted by Crippen LogP contribution is 2.29. The summed E-state index contributed by atoms with van der Waals surface area (Å²) >= 11 is 1.50. The second kappa shape index (κ2) is 8.41. The van der Waals surface area contributed by atoms with Gasteiger partial charge in [-0.05, 0) is 23.8 Å². The van der Waals surface area contributed by atoms with Gasteiger partial charge in [0, 0.05) is 37.1 Å². The monoisotopic (exact) mass is 433 g/mol. The molecule has 1 aliphatic rings. The zero-order valence-electron chi connectivity index (χ0n) is 16.7. The molecular weight excluding hydrogens is 413 g/mol. The molecule has 6 nitrogen and oxygen atoms in total. The number of thiazole rings is 1. The molecule has 0 aliphatic carbocycles. The molecular formula is C23H20FN5OS. The van der Waals surface area contributed by atoms with Gasteiger partial charge in [0.2, 0.25) is 0 Å². The fraction of sp³-hybridized carbons (Fsp3) is 0.174. The summed E-state index contributed by atoms with van der Waals surface area (Å²) in [4.78, 5) is 20.8. The van der Waals surface area contributed by atoms with E-state index in [0.29, 0.717) is 10.8 Å². The van der Waals surface area contributed by atoms with Crippen LogP contribution in [0, 0.1) is 5.82 Å². The van der Waals surface area contributed by atoms with Gasteiger partial charge in [0.05, 0.1) is 5.69 Å². The molecule has 5 rings (SSSR count). The average molecular weight is 434 g/mol. The first-order valence-corrected chi connectivity index (χ1v) is 10.8. The maximum absolute atomic E-state index is 14.0. The van der Waals surface area contributed by atoms with Gasteiger partial charge in [-0.2, -0.15) is 5.10 Å². The largest absolute Gasteiger partial charge is 0.296 e. The van der Waals surface area contributed by atoms with Crippen molar-refractivity contribution >= 4 is 22.4 Å². The molecule has 0 bridgehead atoms. The summed E-state index contributed by atoms with van der Waals surface area (Å²) in [6.07, 6.45) is 2.43. The molecule has 0 fully saturated rings. The molecule has 0 radical (unpaired) electrons. The number of fused-ring (bicyclic) bond motifs is 1. The number of nitrogens with one attached hydrogen (secondary N) is 1. The number of rotatable bonds is 5. The van der Waals surface area contributed by atoms with E-state index in [1.54, 1.807) is 30.5 Å². The molecule has 0 unspecified atom stereocenters. The molecule has 1 aliphatic heterocycles. The van der Waals surface area contributed by atoms with E-state index in [-0.39, 0.29) is 11.6 Å². The molecule has 0 saturated heterocycles. The zero-order valence-corrected chi connectivity index (χ0v) is 17.5. The molecule has 3 heterocycles. The molecule has 0 atom stereocenters. The van der Waals surface area contributed by atoms with Gasteiger partial charge in [0.1, 0.15) is 11.5 Å². The Morgan fingerprint density at radius 3 is 2.74 bits per heavy atom. The highest BCUT2D eigenvalue weighted by molar-refractivity contribution is 7.15. The van der Waals surface area contributed by atoms with Crippen molar-refractivity contribution in [1.29, 1.82) is 0 Å². The molecule has 8 heteroatoms. The standard InChI is InChI=1S/C23H20FN5OS/c24-17-8-4-5-9-20(17)29-13-11-19(27-29)22(30)26-23-25-18-10-12-28(15-21(18)31-23)14-16-6-2-1-3-7-16/h1-9,11,13H,10,12,14-15H2,(H,25,26,30). The third-order valence-electron chi connectivity index (χ3n) is 5.20. The van der Waals surface area contributed by atoms with Crippen LogP contribution >= 0.6 is 11.3 Å². The number of hydrogen-bond donors (Lipinski definition) is 1. The summed E-state index contributed by atoms with van der Waals surface area (Å²) in [5.41, 5.74) is 2.84. The van der Waals surface area contributed by atoms with Crippen LogP contribution in [0.5, 0.6) is 0 Å². The van der Waals surface area contributed by atoms with Crippen molar-refractivity contribution in [2.75, 3.05) is 11.9 Å². The maximum Gasteiger partial charge on any atom is 0.277 e. The molecule has 0 spiro atoms. The van der Waals surface area contributed by atoms with Gasteiger partial charge in [-0.1, -0.05) is 42.5 Å². The van der Waals surface area contributed by atoms with Crippen molar-refractivity contribution < 1.29 is 9.18 Å². The molecule has 156 valence electrons. The lowest BCUT2D eigenvalue weighted by molar-refractivity contribution is 0.102. The van der Waals surface area contributed by atoms with Gasteiger partial charge in [-0.25, -0.2) is 14.1 Å². The molecule has 1 amide bonds. The number of nitrogens with zero attached hydrogens (tertiary/aromatic N) is 4. The van der Waals surface area contributed by atoms with Crippen LogP contribution in [0.1, 0.15) is 26.6 Å². The number of aromatic nitrogens is 3. The lowest BCUT2D eigenvalue weighted by atomic mass is 10.1. The highest BCUT2D eigenvalue weighted by Gasteiger charge is 2.22. The summed E-state index contributed by atoms with van der Waals surface area (Å²) in [6.45, 7) is 2.65. The highest BCUT2D eigenvalue weighted by atomic mass is 32.1. The smallest absolute Gasteiger partial charge is 0.277 e. The van der Waals surface area contributed by atoms with Gasteiger partial charge in [0.15, 0.2) is 10.8 Å². The summed E-state index contributed by atoms with van der Waals surface area (Å²) in [5, 5.41) is 7.62. The van der Waals surface area contributed by atoms with E-state index in [0.717, 1.165) is 31.7 Å². The number of anilines is 1. The predicted molar refractivity (Wildman–Crippen MR) is 118 cm³/mol. The third kappa shape index (κ3) is 4.26. The summed E-state index contributed by atoms with van der Waals surface area (Å²) < 4.78 is 15.3. The van der Waals surface area contributed by atoms with Crippen molar-refractivity contribution in [3.8, 4) is 5.69 Å². The first-order valence-electron chi connectivity index (χ1n) is 10.0. The fourth-order valence-electron chi connectivity index (χ4n) is 3.66. The van der Waals surface area contributed by atoms with Crippen LogP contribution in [0.25, 0.3) is 5.69 Å². The van der Waals surface area contributed by atoms with Gasteiger partial charge in [0.25, 0.3) is 5.91 Å². The lowest BCUT2D eigenvalue weighted by Crippen LogP contribution is -2.29. The Bertz CT molecular complexity index is 1220. The van der Waals surface area contributed by atoms with E-state index >= 15 is 0 Å². The second-order valence-electron chi connectivity index (χ2n) is 7.39. The van der Waals surface area contributed by atoms with Crippen LogP contribution in [0.2, 0.25) is 0 Å². The summed E-state index contributed by atoms with van der Waals surface area (Å²) in [6, 6.07) is 18.3. The van der Waals surface area contributed by atoms with Crippen LogP contribution in [-0.2, 0) is 19.5 Å². The van der Waals surface area contributed by atoms with Crippen molar-refractivity contribution in [2.45, 2.75) is 19.5 Å². The minimum Gasteiger partial charge on any atom is -0.296 e. The van der Waals surface area contributed by atoms with Gasteiger partial charge in [-0.3, -0.25) is 15.0 Å². The minimum atomic E-state index is -0.398. The Balaban J connectivity index is 1.26. The zero-order chi connectivity index (χ0) is 21.2. The SMILES string of the molecule is O=C(Nc1nc2c(s1)CN(Cc1ccccc1)CC2)c1ccn(-c2ccccc2F)n1. The Labute approximate surface area is 183 Å². The van der Waals surface area contributed by atoms with E-state index in [9.17, 15) is 9.18 Å².